The Balaban J connectivity index is 1.26. The lowest BCUT2D eigenvalue weighted by Gasteiger charge is -2.31. The molecule has 1 fully saturated rings. The van der Waals surface area contributed by atoms with E-state index in [2.05, 4.69) is 19.6 Å². The molecule has 1 N–H and O–H groups in total. The lowest BCUT2D eigenvalue weighted by molar-refractivity contribution is -0.0489. The Morgan fingerprint density at radius 3 is 2.54 bits per heavy atom. The first-order valence-electron chi connectivity index (χ1n) is 12.7. The molecular weight excluding hydrogens is 568 g/mol. The van der Waals surface area contributed by atoms with E-state index in [9.17, 15) is 27.5 Å². The number of carboxylic acids is 1. The Kier molecular flexibility index (Phi) is 8.32. The molecule has 0 spiro atoms. The fourth-order valence-electron chi connectivity index (χ4n) is 4.89. The van der Waals surface area contributed by atoms with E-state index < -0.39 is 24.2 Å². The zero-order chi connectivity index (χ0) is 29.3. The summed E-state index contributed by atoms with van der Waals surface area (Å²) in [6, 6.07) is 9.46. The number of carboxylic acid groups (broad SMARTS) is 1. The summed E-state index contributed by atoms with van der Waals surface area (Å²) in [7, 11) is 1.69. The first kappa shape index (κ1) is 28.6. The molecule has 41 heavy (non-hydrogen) atoms. The summed E-state index contributed by atoms with van der Waals surface area (Å²) >= 11 is 5.78. The molecule has 0 atom stereocenters. The van der Waals surface area contributed by atoms with Crippen molar-refractivity contribution in [2.24, 2.45) is 7.05 Å². The van der Waals surface area contributed by atoms with Crippen LogP contribution in [0.3, 0.4) is 0 Å². The van der Waals surface area contributed by atoms with Crippen molar-refractivity contribution in [3.05, 3.63) is 81.8 Å². The van der Waals surface area contributed by atoms with Gasteiger partial charge in [-0.15, -0.1) is 0 Å². The molecule has 0 unspecified atom stereocenters. The van der Waals surface area contributed by atoms with Crippen molar-refractivity contribution in [2.75, 3.05) is 13.1 Å². The van der Waals surface area contributed by atoms with Crippen LogP contribution in [0.4, 0.5) is 17.6 Å². The minimum atomic E-state index is -3.13. The first-order chi connectivity index (χ1) is 19.6. The SMILES string of the molecule is Cn1c(CN2CCC(c3ccc(F)c(OCc4ccc(Cl)cc4F)n3)CC2)nc2c(OC(F)F)cc(C(=O)O)cc21. The molecule has 0 aliphatic carbocycles. The van der Waals surface area contributed by atoms with Crippen molar-refractivity contribution in [1.29, 1.82) is 0 Å². The number of hydrogen-bond acceptors (Lipinski definition) is 6. The van der Waals surface area contributed by atoms with Crippen LogP contribution in [0.25, 0.3) is 11.0 Å². The molecule has 216 valence electrons. The van der Waals surface area contributed by atoms with E-state index in [1.54, 1.807) is 17.7 Å². The van der Waals surface area contributed by atoms with Gasteiger partial charge in [-0.25, -0.2) is 23.5 Å². The molecule has 2 aromatic heterocycles. The number of likely N-dealkylation sites (tertiary alicyclic amines) is 1. The van der Waals surface area contributed by atoms with Crippen molar-refractivity contribution >= 4 is 28.6 Å². The van der Waals surface area contributed by atoms with Crippen molar-refractivity contribution in [3.63, 3.8) is 0 Å². The maximum atomic E-state index is 14.4. The zero-order valence-corrected chi connectivity index (χ0v) is 22.5. The van der Waals surface area contributed by atoms with Gasteiger partial charge in [0.15, 0.2) is 11.6 Å². The number of ether oxygens (including phenoxy) is 2. The van der Waals surface area contributed by atoms with Gasteiger partial charge in [-0.1, -0.05) is 17.7 Å². The van der Waals surface area contributed by atoms with Gasteiger partial charge in [-0.05, 0) is 62.3 Å². The highest BCUT2D eigenvalue weighted by Gasteiger charge is 2.25. The molecule has 4 aromatic rings. The van der Waals surface area contributed by atoms with Crippen LogP contribution in [-0.4, -0.2) is 50.2 Å². The van der Waals surface area contributed by atoms with Gasteiger partial charge in [-0.3, -0.25) is 4.90 Å². The van der Waals surface area contributed by atoms with Gasteiger partial charge in [0.05, 0.1) is 17.6 Å². The van der Waals surface area contributed by atoms with Crippen LogP contribution in [-0.2, 0) is 20.2 Å². The predicted octanol–water partition coefficient (Wildman–Crippen LogP) is 6.16. The van der Waals surface area contributed by atoms with Gasteiger partial charge >= 0.3 is 12.6 Å². The number of aromatic carboxylic acids is 1. The molecule has 0 amide bonds. The maximum Gasteiger partial charge on any atom is 0.387 e. The summed E-state index contributed by atoms with van der Waals surface area (Å²) in [6.45, 7) is -1.63. The molecule has 8 nitrogen and oxygen atoms in total. The van der Waals surface area contributed by atoms with Crippen LogP contribution in [0.15, 0.2) is 42.5 Å². The van der Waals surface area contributed by atoms with Crippen LogP contribution in [0.1, 0.15) is 46.2 Å². The normalized spacial score (nSPS) is 14.6. The molecule has 1 saturated heterocycles. The Morgan fingerprint density at radius 2 is 1.85 bits per heavy atom. The highest BCUT2D eigenvalue weighted by Crippen LogP contribution is 2.32. The van der Waals surface area contributed by atoms with Gasteiger partial charge in [0.2, 0.25) is 0 Å². The van der Waals surface area contributed by atoms with Crippen LogP contribution < -0.4 is 9.47 Å². The van der Waals surface area contributed by atoms with Gasteiger partial charge in [-0.2, -0.15) is 8.78 Å². The summed E-state index contributed by atoms with van der Waals surface area (Å²) < 4.78 is 66.1. The number of pyridine rings is 1. The third-order valence-electron chi connectivity index (χ3n) is 7.09. The Morgan fingerprint density at radius 1 is 1.10 bits per heavy atom. The lowest BCUT2D eigenvalue weighted by atomic mass is 9.93. The zero-order valence-electron chi connectivity index (χ0n) is 21.8. The van der Waals surface area contributed by atoms with Crippen LogP contribution >= 0.6 is 11.6 Å². The Hall–Kier alpha value is -3.90. The number of benzene rings is 2. The number of alkyl halides is 2. The number of carbonyl (C=O) groups is 1. The number of aromatic nitrogens is 3. The number of piperidine rings is 1. The lowest BCUT2D eigenvalue weighted by Crippen LogP contribution is -2.33. The quantitative estimate of drug-likeness (QED) is 0.233. The minimum Gasteiger partial charge on any atom is -0.478 e. The summed E-state index contributed by atoms with van der Waals surface area (Å²) in [5.74, 6) is -2.38. The molecular formula is C28H25ClF4N4O4. The number of aryl methyl sites for hydroxylation is 1. The van der Waals surface area contributed by atoms with Gasteiger partial charge < -0.3 is 19.1 Å². The summed E-state index contributed by atoms with van der Waals surface area (Å²) in [4.78, 5) is 22.5. The van der Waals surface area contributed by atoms with Crippen molar-refractivity contribution in [1.82, 2.24) is 19.4 Å². The first-order valence-corrected chi connectivity index (χ1v) is 13.1. The van der Waals surface area contributed by atoms with E-state index in [-0.39, 0.29) is 45.8 Å². The minimum absolute atomic E-state index is 0.0334. The Bertz CT molecular complexity index is 1590. The third kappa shape index (κ3) is 6.38. The summed E-state index contributed by atoms with van der Waals surface area (Å²) in [5, 5.41) is 9.63. The fraction of sp³-hybridized carbons (Fsp3) is 0.321. The van der Waals surface area contributed by atoms with Crippen molar-refractivity contribution in [3.8, 4) is 11.6 Å². The van der Waals surface area contributed by atoms with Crippen molar-refractivity contribution < 1.29 is 36.9 Å². The molecule has 0 saturated carbocycles. The fourth-order valence-corrected chi connectivity index (χ4v) is 5.05. The number of imidazole rings is 1. The second-order valence-corrected chi connectivity index (χ2v) is 10.1. The number of nitrogens with zero attached hydrogens (tertiary/aromatic N) is 4. The highest BCUT2D eigenvalue weighted by molar-refractivity contribution is 6.30. The second-order valence-electron chi connectivity index (χ2n) is 9.71. The highest BCUT2D eigenvalue weighted by atomic mass is 35.5. The number of rotatable bonds is 9. The van der Waals surface area contributed by atoms with Gasteiger partial charge in [0.1, 0.15) is 23.8 Å². The molecule has 13 heteroatoms. The van der Waals surface area contributed by atoms with Crippen LogP contribution in [0.2, 0.25) is 5.02 Å². The molecule has 5 rings (SSSR count). The molecule has 2 aromatic carbocycles. The maximum absolute atomic E-state index is 14.4. The van der Waals surface area contributed by atoms with E-state index in [0.717, 1.165) is 12.1 Å². The smallest absolute Gasteiger partial charge is 0.387 e. The molecule has 0 bridgehead atoms. The summed E-state index contributed by atoms with van der Waals surface area (Å²) in [6.07, 6.45) is 1.41. The summed E-state index contributed by atoms with van der Waals surface area (Å²) in [5.41, 5.74) is 1.23. The van der Waals surface area contributed by atoms with E-state index in [0.29, 0.717) is 49.5 Å². The standard InChI is InChI=1S/C28H25ClF4N4O4/c1-36-22-10-17(27(38)39)11-23(41-28(32)33)25(22)35-24(36)13-37-8-6-15(7-9-37)21-5-4-19(30)26(34-21)40-14-16-2-3-18(29)12-20(16)31/h2-5,10-12,15,28H,6-9,13-14H2,1H3,(H,38,39). The predicted molar refractivity (Wildman–Crippen MR) is 141 cm³/mol. The van der Waals surface area contributed by atoms with Gasteiger partial charge in [0.25, 0.3) is 5.88 Å². The molecule has 3 heterocycles. The topological polar surface area (TPSA) is 89.7 Å². The van der Waals surface area contributed by atoms with E-state index in [1.807, 2.05) is 0 Å². The van der Waals surface area contributed by atoms with Crippen LogP contribution in [0.5, 0.6) is 11.6 Å². The largest absolute Gasteiger partial charge is 0.478 e. The van der Waals surface area contributed by atoms with E-state index in [4.69, 9.17) is 16.3 Å². The average molecular weight is 593 g/mol. The number of hydrogen-bond donors (Lipinski definition) is 1. The molecule has 0 radical (unpaired) electrons. The second kappa shape index (κ2) is 11.9. The van der Waals surface area contributed by atoms with E-state index in [1.165, 1.54) is 24.3 Å². The molecule has 1 aliphatic heterocycles. The van der Waals surface area contributed by atoms with Crippen LogP contribution in [0, 0.1) is 11.6 Å². The number of halogens is 5. The molecule has 1 aliphatic rings. The monoisotopic (exact) mass is 592 g/mol. The number of fused-ring (bicyclic) bond motifs is 1. The average Bonchev–Trinajstić information content (AvgIpc) is 3.24. The third-order valence-corrected chi connectivity index (χ3v) is 7.33. The Labute approximate surface area is 237 Å². The van der Waals surface area contributed by atoms with Crippen molar-refractivity contribution in [2.45, 2.75) is 38.5 Å². The van der Waals surface area contributed by atoms with Gasteiger partial charge in [0, 0.05) is 29.2 Å². The van der Waals surface area contributed by atoms with E-state index >= 15 is 0 Å².